The Labute approximate surface area is 346 Å². The molecule has 5 atom stereocenters. The highest BCUT2D eigenvalue weighted by Gasteiger charge is 2.52. The molecule has 59 heavy (non-hydrogen) atoms. The first kappa shape index (κ1) is 41.4. The smallest absolute Gasteiger partial charge is 0.407 e. The number of nitrogens with zero attached hydrogens (tertiary/aromatic N) is 6. The minimum Gasteiger partial charge on any atom is -0.453 e. The third-order valence-corrected chi connectivity index (χ3v) is 12.3. The fourth-order valence-electron chi connectivity index (χ4n) is 8.32. The van der Waals surface area contributed by atoms with Gasteiger partial charge in [-0.2, -0.15) is 0 Å². The Morgan fingerprint density at radius 1 is 0.898 bits per heavy atom. The highest BCUT2D eigenvalue weighted by molar-refractivity contribution is 6.04. The maximum atomic E-state index is 13.9. The molecule has 7 rings (SSSR count). The molecule has 14 heteroatoms. The van der Waals surface area contributed by atoms with Crippen LogP contribution >= 0.6 is 0 Å². The third-order valence-electron chi connectivity index (χ3n) is 12.3. The van der Waals surface area contributed by atoms with Crippen LogP contribution in [0.25, 0.3) is 22.4 Å². The van der Waals surface area contributed by atoms with E-state index in [0.717, 1.165) is 41.2 Å². The number of imidazole rings is 1. The van der Waals surface area contributed by atoms with Gasteiger partial charge in [-0.25, -0.2) is 14.8 Å². The summed E-state index contributed by atoms with van der Waals surface area (Å²) >= 11 is 0. The van der Waals surface area contributed by atoms with Crippen LogP contribution in [0.4, 0.5) is 16.3 Å². The van der Waals surface area contributed by atoms with Crippen LogP contribution in [0.5, 0.6) is 0 Å². The van der Waals surface area contributed by atoms with Gasteiger partial charge in [0.2, 0.25) is 11.8 Å². The van der Waals surface area contributed by atoms with Gasteiger partial charge in [0.1, 0.15) is 17.7 Å². The van der Waals surface area contributed by atoms with E-state index in [-0.39, 0.29) is 53.1 Å². The Bertz CT molecular complexity index is 2150. The van der Waals surface area contributed by atoms with Crippen LogP contribution in [0.3, 0.4) is 0 Å². The molecular weight excluding hydrogens is 747 g/mol. The van der Waals surface area contributed by atoms with Crippen LogP contribution in [0.2, 0.25) is 0 Å². The molecule has 2 saturated heterocycles. The van der Waals surface area contributed by atoms with Gasteiger partial charge in [0.05, 0.1) is 36.9 Å². The standard InChI is InChI=1S/C45H57N9O5/c1-27(2)39(50-44(58)59-8)43(57)54-26-34(51(6)7)21-37(54)40-47-24-36(49-40)31-13-9-29(10-14-31)30-11-15-32(16-12-30)41(55)48-33-17-18-38(46-23-33)53-20-19-52(25-28(53)3)42(56)35-22-45(35,4)5/h9-18,23-24,27-28,34-35,37,39H,19-22,25-26H2,1-8H3,(H,47,49)(H,48,55)(H,50,58). The summed E-state index contributed by atoms with van der Waals surface area (Å²) in [5, 5.41) is 5.68. The number of rotatable bonds is 11. The molecule has 0 spiro atoms. The van der Waals surface area contributed by atoms with Crippen molar-refractivity contribution in [2.45, 2.75) is 71.6 Å². The van der Waals surface area contributed by atoms with Gasteiger partial charge in [-0.05, 0) is 86.1 Å². The lowest BCUT2D eigenvalue weighted by atomic mass is 10.0. The fraction of sp³-hybridized carbons (Fsp3) is 0.467. The second-order valence-electron chi connectivity index (χ2n) is 17.5. The lowest BCUT2D eigenvalue weighted by Crippen LogP contribution is -2.54. The molecule has 14 nitrogen and oxygen atoms in total. The summed E-state index contributed by atoms with van der Waals surface area (Å²) < 4.78 is 4.80. The quantitative estimate of drug-likeness (QED) is 0.164. The molecule has 2 aromatic carbocycles. The third kappa shape index (κ3) is 8.97. The van der Waals surface area contributed by atoms with Crippen LogP contribution in [0, 0.1) is 17.3 Å². The van der Waals surface area contributed by atoms with Crippen LogP contribution < -0.4 is 15.5 Å². The molecule has 5 unspecified atom stereocenters. The SMILES string of the molecule is COC(=O)NC(C(=O)N1CC(N(C)C)CC1c1ncc(-c2ccc(-c3ccc(C(=O)Nc4ccc(N5CCN(C(=O)C6CC6(C)C)CC5C)nc4)cc3)cc2)[nH]1)C(C)C. The molecule has 3 N–H and O–H groups in total. The number of amides is 4. The Morgan fingerprint density at radius 2 is 1.56 bits per heavy atom. The van der Waals surface area contributed by atoms with Gasteiger partial charge in [-0.3, -0.25) is 14.4 Å². The van der Waals surface area contributed by atoms with Crippen molar-refractivity contribution in [2.75, 3.05) is 57.6 Å². The second-order valence-corrected chi connectivity index (χ2v) is 17.5. The molecule has 2 aliphatic heterocycles. The van der Waals surface area contributed by atoms with Gasteiger partial charge in [-0.1, -0.05) is 64.1 Å². The molecule has 4 amide bonds. The molecule has 312 valence electrons. The van der Waals surface area contributed by atoms with Gasteiger partial charge < -0.3 is 40.0 Å². The van der Waals surface area contributed by atoms with Crippen molar-refractivity contribution in [1.82, 2.24) is 35.0 Å². The molecule has 2 aromatic heterocycles. The maximum Gasteiger partial charge on any atom is 0.407 e. The Balaban J connectivity index is 0.953. The number of carbonyl (C=O) groups excluding carboxylic acids is 4. The number of carbonyl (C=O) groups is 4. The lowest BCUT2D eigenvalue weighted by Gasteiger charge is -2.41. The minimum atomic E-state index is -0.729. The van der Waals surface area contributed by atoms with E-state index in [1.54, 1.807) is 12.4 Å². The number of aromatic nitrogens is 3. The number of ether oxygens (including phenoxy) is 1. The molecule has 0 radical (unpaired) electrons. The van der Waals surface area contributed by atoms with Gasteiger partial charge >= 0.3 is 6.09 Å². The highest BCUT2D eigenvalue weighted by Crippen LogP contribution is 2.52. The van der Waals surface area contributed by atoms with Crippen molar-refractivity contribution in [3.63, 3.8) is 0 Å². The zero-order chi connectivity index (χ0) is 42.2. The highest BCUT2D eigenvalue weighted by atomic mass is 16.5. The second kappa shape index (κ2) is 16.8. The normalized spacial score (nSPS) is 21.7. The molecule has 3 fully saturated rings. The number of likely N-dealkylation sites (tertiary alicyclic amines) is 1. The first-order chi connectivity index (χ1) is 28.1. The van der Waals surface area contributed by atoms with Crippen molar-refractivity contribution in [3.05, 3.63) is 84.4 Å². The Morgan fingerprint density at radius 3 is 2.14 bits per heavy atom. The first-order valence-corrected chi connectivity index (χ1v) is 20.5. The summed E-state index contributed by atoms with van der Waals surface area (Å²) in [4.78, 5) is 73.1. The van der Waals surface area contributed by atoms with Gasteiger partial charge in [0.15, 0.2) is 0 Å². The maximum absolute atomic E-state index is 13.9. The minimum absolute atomic E-state index is 0.123. The van der Waals surface area contributed by atoms with E-state index in [1.807, 2.05) is 98.4 Å². The number of nitrogens with one attached hydrogen (secondary N) is 3. The summed E-state index contributed by atoms with van der Waals surface area (Å²) in [5.74, 6) is 1.41. The zero-order valence-electron chi connectivity index (χ0n) is 35.4. The van der Waals surface area contributed by atoms with Crippen molar-refractivity contribution < 1.29 is 23.9 Å². The molecule has 1 saturated carbocycles. The predicted molar refractivity (Wildman–Crippen MR) is 228 cm³/mol. The number of hydrogen-bond donors (Lipinski definition) is 3. The summed E-state index contributed by atoms with van der Waals surface area (Å²) in [6.45, 7) is 12.8. The lowest BCUT2D eigenvalue weighted by molar-refractivity contribution is -0.136. The molecule has 3 aliphatic rings. The van der Waals surface area contributed by atoms with Crippen LogP contribution in [0.15, 0.2) is 73.1 Å². The molecule has 4 heterocycles. The van der Waals surface area contributed by atoms with E-state index < -0.39 is 12.1 Å². The largest absolute Gasteiger partial charge is 0.453 e. The van der Waals surface area contributed by atoms with Crippen molar-refractivity contribution in [3.8, 4) is 22.4 Å². The van der Waals surface area contributed by atoms with Crippen LogP contribution in [-0.2, 0) is 14.3 Å². The molecule has 4 aromatic rings. The monoisotopic (exact) mass is 803 g/mol. The summed E-state index contributed by atoms with van der Waals surface area (Å²) in [6.07, 6.45) is 4.50. The van der Waals surface area contributed by atoms with Gasteiger partial charge in [0, 0.05) is 49.7 Å². The topological polar surface area (TPSA) is 156 Å². The van der Waals surface area contributed by atoms with Crippen molar-refractivity contribution in [1.29, 1.82) is 0 Å². The Hall–Kier alpha value is -5.76. The fourth-order valence-corrected chi connectivity index (χ4v) is 8.32. The summed E-state index contributed by atoms with van der Waals surface area (Å²) in [5.41, 5.74) is 5.00. The number of hydrogen-bond acceptors (Lipinski definition) is 9. The van der Waals surface area contributed by atoms with Crippen molar-refractivity contribution in [2.24, 2.45) is 17.3 Å². The number of aromatic amines is 1. The molecule has 1 aliphatic carbocycles. The molecular formula is C45H57N9O5. The Kier molecular flexibility index (Phi) is 11.8. The summed E-state index contributed by atoms with van der Waals surface area (Å²) in [6, 6.07) is 18.6. The average Bonchev–Trinajstić information content (AvgIpc) is 3.55. The molecule has 0 bridgehead atoms. The number of likely N-dealkylation sites (N-methyl/N-ethyl adjacent to an activating group) is 1. The van der Waals surface area contributed by atoms with Gasteiger partial charge in [0.25, 0.3) is 5.91 Å². The van der Waals surface area contributed by atoms with Crippen LogP contribution in [-0.4, -0.2) is 119 Å². The zero-order valence-corrected chi connectivity index (χ0v) is 35.4. The number of piperazine rings is 1. The van der Waals surface area contributed by atoms with Crippen LogP contribution in [0.1, 0.15) is 69.7 Å². The summed E-state index contributed by atoms with van der Waals surface area (Å²) in [7, 11) is 5.29. The van der Waals surface area contributed by atoms with Crippen molar-refractivity contribution >= 4 is 35.3 Å². The number of alkyl carbamates (subject to hydrolysis) is 1. The first-order valence-electron chi connectivity index (χ1n) is 20.5. The average molecular weight is 804 g/mol. The van der Waals surface area contributed by atoms with E-state index >= 15 is 0 Å². The number of anilines is 2. The number of benzene rings is 2. The predicted octanol–water partition coefficient (Wildman–Crippen LogP) is 6.06. The number of pyridine rings is 1. The van der Waals surface area contributed by atoms with E-state index in [4.69, 9.17) is 9.72 Å². The van der Waals surface area contributed by atoms with E-state index in [2.05, 4.69) is 51.2 Å². The van der Waals surface area contributed by atoms with E-state index in [0.29, 0.717) is 43.1 Å². The number of H-pyrrole nitrogens is 1. The van der Waals surface area contributed by atoms with E-state index in [9.17, 15) is 19.2 Å². The number of methoxy groups -OCH3 is 1. The van der Waals surface area contributed by atoms with Gasteiger partial charge in [-0.15, -0.1) is 0 Å². The van der Waals surface area contributed by atoms with E-state index in [1.165, 1.54) is 7.11 Å².